The van der Waals surface area contributed by atoms with E-state index in [1.54, 1.807) is 7.11 Å². The van der Waals surface area contributed by atoms with Crippen LogP contribution in [0.15, 0.2) is 18.2 Å². The van der Waals surface area contributed by atoms with Crippen molar-refractivity contribution in [2.24, 2.45) is 5.92 Å². The summed E-state index contributed by atoms with van der Waals surface area (Å²) in [5.41, 5.74) is 1.25. The number of hydrogen-bond acceptors (Lipinski definition) is 2. The van der Waals surface area contributed by atoms with E-state index in [4.69, 9.17) is 16.3 Å². The maximum absolute atomic E-state index is 6.07. The van der Waals surface area contributed by atoms with Crippen molar-refractivity contribution in [2.75, 3.05) is 13.7 Å². The summed E-state index contributed by atoms with van der Waals surface area (Å²) in [6.07, 6.45) is 7.89. The van der Waals surface area contributed by atoms with Gasteiger partial charge in [-0.2, -0.15) is 0 Å². The molecule has 0 saturated heterocycles. The summed E-state index contributed by atoms with van der Waals surface area (Å²) in [4.78, 5) is 0. The van der Waals surface area contributed by atoms with Crippen LogP contribution in [0.5, 0.6) is 5.75 Å². The second-order valence-corrected chi connectivity index (χ2v) is 6.22. The summed E-state index contributed by atoms with van der Waals surface area (Å²) in [5, 5.41) is 4.42. The third kappa shape index (κ3) is 4.13. The Bertz CT molecular complexity index is 415. The van der Waals surface area contributed by atoms with Crippen molar-refractivity contribution in [1.82, 2.24) is 5.32 Å². The minimum Gasteiger partial charge on any atom is -0.496 e. The highest BCUT2D eigenvalue weighted by Crippen LogP contribution is 2.36. The van der Waals surface area contributed by atoms with Crippen LogP contribution in [0.4, 0.5) is 0 Å². The molecule has 1 aliphatic rings. The average molecular weight is 296 g/mol. The molecule has 1 unspecified atom stereocenters. The highest BCUT2D eigenvalue weighted by molar-refractivity contribution is 6.30. The predicted octanol–water partition coefficient (Wildman–Crippen LogP) is 4.97. The van der Waals surface area contributed by atoms with Gasteiger partial charge in [0.2, 0.25) is 0 Å². The smallest absolute Gasteiger partial charge is 0.125 e. The van der Waals surface area contributed by atoms with Crippen molar-refractivity contribution in [3.05, 3.63) is 28.8 Å². The largest absolute Gasteiger partial charge is 0.496 e. The Morgan fingerprint density at radius 1 is 1.35 bits per heavy atom. The van der Waals surface area contributed by atoms with Gasteiger partial charge in [-0.05, 0) is 37.4 Å². The summed E-state index contributed by atoms with van der Waals surface area (Å²) in [6.45, 7) is 3.25. The molecule has 112 valence electrons. The van der Waals surface area contributed by atoms with Gasteiger partial charge in [0.15, 0.2) is 0 Å². The van der Waals surface area contributed by atoms with Crippen LogP contribution >= 0.6 is 11.6 Å². The third-order valence-corrected chi connectivity index (χ3v) is 4.49. The van der Waals surface area contributed by atoms with E-state index in [-0.39, 0.29) is 0 Å². The molecule has 0 aliphatic heterocycles. The number of nitrogens with one attached hydrogen (secondary N) is 1. The van der Waals surface area contributed by atoms with Crippen LogP contribution in [0.3, 0.4) is 0 Å². The van der Waals surface area contributed by atoms with Crippen LogP contribution in [0.25, 0.3) is 0 Å². The van der Waals surface area contributed by atoms with Gasteiger partial charge in [0.25, 0.3) is 0 Å². The maximum atomic E-state index is 6.07. The number of ether oxygens (including phenoxy) is 1. The van der Waals surface area contributed by atoms with Gasteiger partial charge in [0, 0.05) is 16.6 Å². The molecule has 2 nitrogen and oxygen atoms in total. The first-order valence-corrected chi connectivity index (χ1v) is 8.19. The van der Waals surface area contributed by atoms with Crippen LogP contribution < -0.4 is 10.1 Å². The first-order chi connectivity index (χ1) is 9.74. The van der Waals surface area contributed by atoms with E-state index < -0.39 is 0 Å². The molecule has 1 saturated carbocycles. The van der Waals surface area contributed by atoms with Gasteiger partial charge in [0.1, 0.15) is 5.75 Å². The summed E-state index contributed by atoms with van der Waals surface area (Å²) in [7, 11) is 1.72. The zero-order chi connectivity index (χ0) is 14.4. The van der Waals surface area contributed by atoms with Crippen molar-refractivity contribution >= 4 is 11.6 Å². The Kier molecular flexibility index (Phi) is 6.18. The standard InChI is InChI=1S/C17H26ClNO/c1-3-10-19-16(11-13-6-4-5-7-13)15-9-8-14(18)12-17(15)20-2/h8-9,12-13,16,19H,3-7,10-11H2,1-2H3. The fourth-order valence-corrected chi connectivity index (χ4v) is 3.35. The summed E-state index contributed by atoms with van der Waals surface area (Å²) >= 11 is 6.07. The van der Waals surface area contributed by atoms with Crippen LogP contribution in [0, 0.1) is 5.92 Å². The summed E-state index contributed by atoms with van der Waals surface area (Å²) in [5.74, 6) is 1.76. The van der Waals surface area contributed by atoms with E-state index in [2.05, 4.69) is 18.3 Å². The highest BCUT2D eigenvalue weighted by Gasteiger charge is 2.23. The Hall–Kier alpha value is -0.730. The Morgan fingerprint density at radius 3 is 2.75 bits per heavy atom. The molecule has 1 aromatic rings. The molecule has 1 atom stereocenters. The fourth-order valence-electron chi connectivity index (χ4n) is 3.19. The molecule has 0 spiro atoms. The second-order valence-electron chi connectivity index (χ2n) is 5.78. The number of rotatable bonds is 7. The lowest BCUT2D eigenvalue weighted by Crippen LogP contribution is -2.24. The lowest BCUT2D eigenvalue weighted by molar-refractivity contribution is 0.367. The zero-order valence-corrected chi connectivity index (χ0v) is 13.4. The minimum atomic E-state index is 0.380. The van der Waals surface area contributed by atoms with E-state index in [1.165, 1.54) is 37.7 Å². The maximum Gasteiger partial charge on any atom is 0.125 e. The Morgan fingerprint density at radius 2 is 2.10 bits per heavy atom. The molecule has 1 aromatic carbocycles. The molecular formula is C17H26ClNO. The van der Waals surface area contributed by atoms with Gasteiger partial charge in [-0.3, -0.25) is 0 Å². The molecule has 2 rings (SSSR count). The van der Waals surface area contributed by atoms with Gasteiger partial charge < -0.3 is 10.1 Å². The van der Waals surface area contributed by atoms with Crippen LogP contribution in [0.2, 0.25) is 5.02 Å². The van der Waals surface area contributed by atoms with Gasteiger partial charge in [-0.25, -0.2) is 0 Å². The molecule has 1 N–H and O–H groups in total. The van der Waals surface area contributed by atoms with Crippen LogP contribution in [0.1, 0.15) is 57.1 Å². The Labute approximate surface area is 127 Å². The highest BCUT2D eigenvalue weighted by atomic mass is 35.5. The second kappa shape index (κ2) is 7.90. The lowest BCUT2D eigenvalue weighted by atomic mass is 9.93. The number of methoxy groups -OCH3 is 1. The van der Waals surface area contributed by atoms with Crippen LogP contribution in [-0.2, 0) is 0 Å². The molecule has 0 amide bonds. The molecule has 0 radical (unpaired) electrons. The monoisotopic (exact) mass is 295 g/mol. The van der Waals surface area contributed by atoms with Crippen molar-refractivity contribution in [3.63, 3.8) is 0 Å². The third-order valence-electron chi connectivity index (χ3n) is 4.26. The zero-order valence-electron chi connectivity index (χ0n) is 12.6. The van der Waals surface area contributed by atoms with E-state index in [0.717, 1.165) is 29.7 Å². The molecule has 1 aliphatic carbocycles. The van der Waals surface area contributed by atoms with E-state index in [0.29, 0.717) is 6.04 Å². The van der Waals surface area contributed by atoms with Crippen molar-refractivity contribution in [3.8, 4) is 5.75 Å². The summed E-state index contributed by atoms with van der Waals surface area (Å²) in [6, 6.07) is 6.38. The van der Waals surface area contributed by atoms with E-state index in [1.807, 2.05) is 12.1 Å². The molecule has 20 heavy (non-hydrogen) atoms. The van der Waals surface area contributed by atoms with Gasteiger partial charge in [-0.15, -0.1) is 0 Å². The average Bonchev–Trinajstić information content (AvgIpc) is 2.96. The molecule has 3 heteroatoms. The predicted molar refractivity (Wildman–Crippen MR) is 85.6 cm³/mol. The van der Waals surface area contributed by atoms with Crippen molar-refractivity contribution in [1.29, 1.82) is 0 Å². The number of hydrogen-bond donors (Lipinski definition) is 1. The lowest BCUT2D eigenvalue weighted by Gasteiger charge is -2.24. The molecule has 0 aromatic heterocycles. The molecule has 1 fully saturated rings. The topological polar surface area (TPSA) is 21.3 Å². The normalized spacial score (nSPS) is 17.4. The van der Waals surface area contributed by atoms with Crippen molar-refractivity contribution < 1.29 is 4.74 Å². The summed E-state index contributed by atoms with van der Waals surface area (Å²) < 4.78 is 5.53. The SMILES string of the molecule is CCCNC(CC1CCCC1)c1ccc(Cl)cc1OC. The first kappa shape index (κ1) is 15.7. The minimum absolute atomic E-state index is 0.380. The van der Waals surface area contributed by atoms with Gasteiger partial charge >= 0.3 is 0 Å². The number of benzene rings is 1. The van der Waals surface area contributed by atoms with Gasteiger partial charge in [-0.1, -0.05) is 50.3 Å². The molecular weight excluding hydrogens is 270 g/mol. The fraction of sp³-hybridized carbons (Fsp3) is 0.647. The van der Waals surface area contributed by atoms with Crippen molar-refractivity contribution in [2.45, 2.75) is 51.5 Å². The molecule has 0 heterocycles. The first-order valence-electron chi connectivity index (χ1n) is 7.81. The van der Waals surface area contributed by atoms with Gasteiger partial charge in [0.05, 0.1) is 7.11 Å². The Balaban J connectivity index is 2.15. The number of halogens is 1. The van der Waals surface area contributed by atoms with E-state index >= 15 is 0 Å². The van der Waals surface area contributed by atoms with E-state index in [9.17, 15) is 0 Å². The quantitative estimate of drug-likeness (QED) is 0.767. The molecule has 0 bridgehead atoms. The van der Waals surface area contributed by atoms with Crippen LogP contribution in [-0.4, -0.2) is 13.7 Å².